The number of ketones is 2. The van der Waals surface area contributed by atoms with Crippen molar-refractivity contribution in [3.8, 4) is 0 Å². The summed E-state index contributed by atoms with van der Waals surface area (Å²) in [7, 11) is 0. The van der Waals surface area contributed by atoms with Crippen molar-refractivity contribution in [1.82, 2.24) is 0 Å². The summed E-state index contributed by atoms with van der Waals surface area (Å²) < 4.78 is 20.0. The van der Waals surface area contributed by atoms with Gasteiger partial charge in [-0.05, 0) is 63.2 Å². The van der Waals surface area contributed by atoms with Gasteiger partial charge in [-0.1, -0.05) is 99.6 Å². The molecule has 3 aliphatic rings. The molecule has 0 aromatic carbocycles. The van der Waals surface area contributed by atoms with Crippen LogP contribution in [0.15, 0.2) is 36.5 Å². The minimum atomic E-state index is -1.30. The number of hydrogen-bond acceptors (Lipinski definition) is 10. The van der Waals surface area contributed by atoms with Gasteiger partial charge in [0.05, 0.1) is 36.6 Å². The molecular formula is C45H74O10. The molecule has 314 valence electrons. The maximum Gasteiger partial charge on any atom is 0.330 e. The molecule has 0 amide bonds. The first kappa shape index (κ1) is 47.2. The van der Waals surface area contributed by atoms with E-state index in [4.69, 9.17) is 14.2 Å². The van der Waals surface area contributed by atoms with E-state index in [0.717, 1.165) is 25.7 Å². The third kappa shape index (κ3) is 11.9. The highest BCUT2D eigenvalue weighted by molar-refractivity contribution is 5.87. The lowest BCUT2D eigenvalue weighted by molar-refractivity contribution is -0.371. The van der Waals surface area contributed by atoms with Crippen LogP contribution in [-0.4, -0.2) is 86.5 Å². The lowest BCUT2D eigenvalue weighted by atomic mass is 9.74. The molecule has 3 aliphatic heterocycles. The fourth-order valence-corrected chi connectivity index (χ4v) is 8.95. The second-order valence-corrected chi connectivity index (χ2v) is 17.7. The van der Waals surface area contributed by atoms with E-state index in [1.807, 2.05) is 32.1 Å². The highest BCUT2D eigenvalue weighted by Gasteiger charge is 2.56. The molecule has 4 N–H and O–H groups in total. The maximum absolute atomic E-state index is 13.5. The molecule has 2 fully saturated rings. The number of rotatable bonds is 3. The first-order valence-corrected chi connectivity index (χ1v) is 21.1. The Morgan fingerprint density at radius 1 is 0.764 bits per heavy atom. The molecule has 55 heavy (non-hydrogen) atoms. The minimum absolute atomic E-state index is 0.144. The number of aliphatic hydroxyl groups excluding tert-OH is 4. The van der Waals surface area contributed by atoms with Gasteiger partial charge in [0.25, 0.3) is 0 Å². The average molecular weight is 775 g/mol. The second-order valence-electron chi connectivity index (χ2n) is 17.7. The van der Waals surface area contributed by atoms with Crippen LogP contribution in [0.1, 0.15) is 121 Å². The molecule has 3 rings (SSSR count). The van der Waals surface area contributed by atoms with Crippen molar-refractivity contribution in [2.45, 2.75) is 170 Å². The summed E-state index contributed by atoms with van der Waals surface area (Å²) in [5, 5.41) is 43.8. The zero-order valence-electron chi connectivity index (χ0n) is 35.5. The summed E-state index contributed by atoms with van der Waals surface area (Å²) in [4.78, 5) is 40.4. The fraction of sp³-hybridized carbons (Fsp3) is 0.800. The highest BCUT2D eigenvalue weighted by atomic mass is 16.7. The molecule has 0 aliphatic carbocycles. The molecule has 0 saturated carbocycles. The van der Waals surface area contributed by atoms with Crippen LogP contribution in [0.3, 0.4) is 0 Å². The number of Topliss-reactive ketones (excluding diaryl/α,β-unsaturated/α-hetero) is 2. The van der Waals surface area contributed by atoms with Crippen molar-refractivity contribution < 1.29 is 49.0 Å². The van der Waals surface area contributed by atoms with Crippen molar-refractivity contribution in [2.24, 2.45) is 59.2 Å². The van der Waals surface area contributed by atoms with Crippen LogP contribution in [0.25, 0.3) is 0 Å². The number of fused-ring (bicyclic) bond motifs is 2. The summed E-state index contributed by atoms with van der Waals surface area (Å²) in [6.07, 6.45) is 11.1. The largest absolute Gasteiger partial charge is 0.458 e. The van der Waals surface area contributed by atoms with Crippen molar-refractivity contribution in [2.75, 3.05) is 0 Å². The number of carbonyl (C=O) groups excluding carboxylic acids is 3. The van der Waals surface area contributed by atoms with E-state index >= 15 is 0 Å². The number of carbonyl (C=O) groups is 3. The Morgan fingerprint density at radius 2 is 1.36 bits per heavy atom. The van der Waals surface area contributed by atoms with Crippen LogP contribution >= 0.6 is 0 Å². The van der Waals surface area contributed by atoms with Crippen LogP contribution in [0, 0.1) is 59.2 Å². The van der Waals surface area contributed by atoms with E-state index in [2.05, 4.69) is 26.8 Å². The van der Waals surface area contributed by atoms with E-state index < -0.39 is 77.6 Å². The molecule has 10 nitrogen and oxygen atoms in total. The van der Waals surface area contributed by atoms with Gasteiger partial charge in [-0.25, -0.2) is 4.79 Å². The molecule has 3 heterocycles. The smallest absolute Gasteiger partial charge is 0.330 e. The number of hydrogen-bond donors (Lipinski definition) is 4. The minimum Gasteiger partial charge on any atom is -0.458 e. The summed E-state index contributed by atoms with van der Waals surface area (Å²) in [6, 6.07) is 0. The summed E-state index contributed by atoms with van der Waals surface area (Å²) in [6.45, 7) is 20.1. The number of esters is 1. The van der Waals surface area contributed by atoms with Gasteiger partial charge in [-0.2, -0.15) is 0 Å². The van der Waals surface area contributed by atoms with Gasteiger partial charge in [0.15, 0.2) is 5.79 Å². The standard InChI is InChI=1S/C45H74O10/c1-12-35-17-15-13-14-16-26(3)39(48)30(7)41(50)32(9)43(52)33(10)42(51)31(8)40(49)27(4)18-21-38(47)53-44-29(6)36(20-19-35)54-45(34(44)11)23-22-25(2)37(55-45)24-28(5)46/h13-15,17-18,21,25-37,39-40,43-44,46,48-49,52H,12,16,19-20,22-24H2,1-11H3/b14-13+,17-15+,21-18+/t25-,26+,27-,28+,29-,30-,31-,32+,33-,34+,35-,36?,37-,39-,40+,43-,44?,45?/m0/s1. The summed E-state index contributed by atoms with van der Waals surface area (Å²) in [5.74, 6) is -6.53. The lowest BCUT2D eigenvalue weighted by Crippen LogP contribution is -2.62. The Balaban J connectivity index is 1.97. The van der Waals surface area contributed by atoms with Gasteiger partial charge in [0, 0.05) is 53.9 Å². The number of aliphatic hydroxyl groups is 4. The molecule has 2 saturated heterocycles. The van der Waals surface area contributed by atoms with Crippen LogP contribution in [0.5, 0.6) is 0 Å². The van der Waals surface area contributed by atoms with Gasteiger partial charge < -0.3 is 34.6 Å². The fourth-order valence-electron chi connectivity index (χ4n) is 8.95. The Kier molecular flexibility index (Phi) is 18.0. The number of allylic oxidation sites excluding steroid dienone is 4. The molecule has 0 aromatic rings. The molecule has 0 aromatic heterocycles. The van der Waals surface area contributed by atoms with E-state index in [1.165, 1.54) is 6.08 Å². The van der Waals surface area contributed by atoms with Crippen molar-refractivity contribution in [1.29, 1.82) is 0 Å². The van der Waals surface area contributed by atoms with Gasteiger partial charge >= 0.3 is 5.97 Å². The van der Waals surface area contributed by atoms with Crippen LogP contribution in [0.2, 0.25) is 0 Å². The van der Waals surface area contributed by atoms with Crippen molar-refractivity contribution in [3.63, 3.8) is 0 Å². The summed E-state index contributed by atoms with van der Waals surface area (Å²) in [5.41, 5.74) is 0. The zero-order chi connectivity index (χ0) is 41.4. The van der Waals surface area contributed by atoms with Gasteiger partial charge in [-0.3, -0.25) is 9.59 Å². The maximum atomic E-state index is 13.5. The predicted molar refractivity (Wildman–Crippen MR) is 213 cm³/mol. The molecule has 0 radical (unpaired) electrons. The second kappa shape index (κ2) is 21.0. The van der Waals surface area contributed by atoms with E-state index in [9.17, 15) is 34.8 Å². The van der Waals surface area contributed by atoms with Crippen LogP contribution in [-0.2, 0) is 28.6 Å². The molecule has 2 bridgehead atoms. The van der Waals surface area contributed by atoms with Crippen LogP contribution < -0.4 is 0 Å². The third-order valence-corrected chi connectivity index (χ3v) is 13.4. The Labute approximate surface area is 331 Å². The molecule has 3 unspecified atom stereocenters. The highest BCUT2D eigenvalue weighted by Crippen LogP contribution is 2.49. The monoisotopic (exact) mass is 775 g/mol. The van der Waals surface area contributed by atoms with E-state index in [1.54, 1.807) is 47.6 Å². The molecule has 18 atom stereocenters. The predicted octanol–water partition coefficient (Wildman–Crippen LogP) is 6.77. The molecule has 1 spiro atoms. The summed E-state index contributed by atoms with van der Waals surface area (Å²) >= 11 is 0. The zero-order valence-corrected chi connectivity index (χ0v) is 35.5. The SMILES string of the molecule is CC[C@H]1/C=C/C=C/C[C@@H](C)[C@H](O)[C@H](C)C(=O)[C@@H](C)[C@H](O)[C@@H](C)C(=O)[C@@H](C)[C@H](O)[C@@H](C)/C=C/C(=O)OC2[C@@H](C)C(CC1)OC1(CC[C@H](C)[C@H](C[C@@H](C)O)O1)[C@@H]2C. The average Bonchev–Trinajstić information content (AvgIpc) is 3.16. The first-order chi connectivity index (χ1) is 25.8. The molecular weight excluding hydrogens is 700 g/mol. The number of ether oxygens (including phenoxy) is 3. The van der Waals surface area contributed by atoms with Gasteiger partial charge in [-0.15, -0.1) is 0 Å². The first-order valence-electron chi connectivity index (χ1n) is 21.1. The Bertz CT molecular complexity index is 1340. The Morgan fingerprint density at radius 3 is 1.96 bits per heavy atom. The van der Waals surface area contributed by atoms with E-state index in [-0.39, 0.29) is 47.6 Å². The van der Waals surface area contributed by atoms with Crippen LogP contribution in [0.4, 0.5) is 0 Å². The molecule has 10 heteroatoms. The van der Waals surface area contributed by atoms with Gasteiger partial charge in [0.1, 0.15) is 17.7 Å². The third-order valence-electron chi connectivity index (χ3n) is 13.4. The topological polar surface area (TPSA) is 160 Å². The van der Waals surface area contributed by atoms with E-state index in [0.29, 0.717) is 19.3 Å². The van der Waals surface area contributed by atoms with Gasteiger partial charge in [0.2, 0.25) is 0 Å². The lowest BCUT2D eigenvalue weighted by Gasteiger charge is -2.55. The normalized spacial score (nSPS) is 46.1. The Hall–Kier alpha value is -2.21. The van der Waals surface area contributed by atoms with Crippen molar-refractivity contribution in [3.05, 3.63) is 36.5 Å². The van der Waals surface area contributed by atoms with Crippen molar-refractivity contribution >= 4 is 17.5 Å². The quantitative estimate of drug-likeness (QED) is 0.226.